The first-order valence-electron chi connectivity index (χ1n) is 7.53. The zero-order valence-electron chi connectivity index (χ0n) is 11.2. The minimum Gasteiger partial charge on any atom is -0.313 e. The Hall–Kier alpha value is -0.0400. The van der Waals surface area contributed by atoms with Crippen molar-refractivity contribution in [3.8, 4) is 0 Å². The molecule has 0 aromatic heterocycles. The van der Waals surface area contributed by atoms with Crippen molar-refractivity contribution in [2.24, 2.45) is 11.3 Å². The van der Waals surface area contributed by atoms with Gasteiger partial charge < -0.3 is 5.32 Å². The molecule has 16 heavy (non-hydrogen) atoms. The lowest BCUT2D eigenvalue weighted by Gasteiger charge is -2.33. The molecule has 2 unspecified atom stereocenters. The molecule has 2 saturated carbocycles. The van der Waals surface area contributed by atoms with Crippen LogP contribution in [-0.4, -0.2) is 12.6 Å². The highest BCUT2D eigenvalue weighted by molar-refractivity contribution is 4.95. The van der Waals surface area contributed by atoms with Gasteiger partial charge in [0, 0.05) is 12.6 Å². The van der Waals surface area contributed by atoms with Crippen LogP contribution in [0.3, 0.4) is 0 Å². The Morgan fingerprint density at radius 2 is 1.88 bits per heavy atom. The van der Waals surface area contributed by atoms with Crippen molar-refractivity contribution in [3.63, 3.8) is 0 Å². The second-order valence-corrected chi connectivity index (χ2v) is 6.19. The van der Waals surface area contributed by atoms with Gasteiger partial charge in [0.05, 0.1) is 0 Å². The molecule has 0 bridgehead atoms. The molecule has 2 aliphatic carbocycles. The minimum absolute atomic E-state index is 0.727. The molecule has 0 aromatic carbocycles. The maximum atomic E-state index is 3.91. The predicted octanol–water partition coefficient (Wildman–Crippen LogP) is 4.13. The summed E-state index contributed by atoms with van der Waals surface area (Å²) in [6.07, 6.45) is 13.0. The fourth-order valence-electron chi connectivity index (χ4n) is 3.53. The first-order valence-corrected chi connectivity index (χ1v) is 7.53. The van der Waals surface area contributed by atoms with Crippen LogP contribution in [0.15, 0.2) is 0 Å². The summed E-state index contributed by atoms with van der Waals surface area (Å²) >= 11 is 0. The van der Waals surface area contributed by atoms with Crippen LogP contribution < -0.4 is 5.32 Å². The maximum Gasteiger partial charge on any atom is 0.00954 e. The molecular formula is C15H29N. The van der Waals surface area contributed by atoms with Crippen molar-refractivity contribution in [2.45, 2.75) is 77.7 Å². The van der Waals surface area contributed by atoms with Gasteiger partial charge >= 0.3 is 0 Å². The lowest BCUT2D eigenvalue weighted by Crippen LogP contribution is -2.41. The molecule has 0 radical (unpaired) electrons. The molecule has 2 fully saturated rings. The number of nitrogens with one attached hydrogen (secondary N) is 1. The summed E-state index contributed by atoms with van der Waals surface area (Å²) in [6, 6.07) is 0.841. The van der Waals surface area contributed by atoms with Crippen LogP contribution in [0.2, 0.25) is 0 Å². The zero-order valence-corrected chi connectivity index (χ0v) is 11.2. The van der Waals surface area contributed by atoms with Gasteiger partial charge in [-0.2, -0.15) is 0 Å². The molecule has 0 amide bonds. The van der Waals surface area contributed by atoms with Gasteiger partial charge in [-0.25, -0.2) is 0 Å². The molecule has 0 aliphatic heterocycles. The summed E-state index contributed by atoms with van der Waals surface area (Å²) in [4.78, 5) is 0. The minimum atomic E-state index is 0.727. The second-order valence-electron chi connectivity index (χ2n) is 6.19. The standard InChI is InChI=1S/C15H29N/c1-3-9-15(10-11-15)12-16-14-8-6-5-7-13(14)4-2/h13-14,16H,3-12H2,1-2H3. The Kier molecular flexibility index (Phi) is 4.29. The molecular weight excluding hydrogens is 194 g/mol. The predicted molar refractivity (Wildman–Crippen MR) is 70.6 cm³/mol. The van der Waals surface area contributed by atoms with Gasteiger partial charge in [0.2, 0.25) is 0 Å². The van der Waals surface area contributed by atoms with Crippen molar-refractivity contribution in [1.29, 1.82) is 0 Å². The largest absolute Gasteiger partial charge is 0.313 e. The Labute approximate surface area is 101 Å². The van der Waals surface area contributed by atoms with E-state index in [1.54, 1.807) is 0 Å². The molecule has 2 atom stereocenters. The van der Waals surface area contributed by atoms with Crippen LogP contribution in [0.5, 0.6) is 0 Å². The molecule has 0 aromatic rings. The summed E-state index contributed by atoms with van der Waals surface area (Å²) in [5.74, 6) is 0.964. The average molecular weight is 223 g/mol. The molecule has 2 aliphatic rings. The van der Waals surface area contributed by atoms with Crippen LogP contribution >= 0.6 is 0 Å². The van der Waals surface area contributed by atoms with Gasteiger partial charge in [0.15, 0.2) is 0 Å². The van der Waals surface area contributed by atoms with E-state index in [0.29, 0.717) is 0 Å². The monoisotopic (exact) mass is 223 g/mol. The van der Waals surface area contributed by atoms with Crippen molar-refractivity contribution >= 4 is 0 Å². The highest BCUT2D eigenvalue weighted by Crippen LogP contribution is 2.49. The quantitative estimate of drug-likeness (QED) is 0.714. The Morgan fingerprint density at radius 1 is 1.12 bits per heavy atom. The van der Waals surface area contributed by atoms with E-state index >= 15 is 0 Å². The van der Waals surface area contributed by atoms with E-state index in [1.807, 2.05) is 0 Å². The SMILES string of the molecule is CCCC1(CNC2CCCCC2CC)CC1. The van der Waals surface area contributed by atoms with Crippen molar-refractivity contribution in [1.82, 2.24) is 5.32 Å². The van der Waals surface area contributed by atoms with E-state index in [2.05, 4.69) is 19.2 Å². The highest BCUT2D eigenvalue weighted by atomic mass is 14.9. The van der Waals surface area contributed by atoms with E-state index in [-0.39, 0.29) is 0 Å². The highest BCUT2D eigenvalue weighted by Gasteiger charge is 2.41. The van der Waals surface area contributed by atoms with E-state index < -0.39 is 0 Å². The zero-order chi connectivity index (χ0) is 11.4. The molecule has 94 valence electrons. The fourth-order valence-corrected chi connectivity index (χ4v) is 3.53. The third-order valence-corrected chi connectivity index (χ3v) is 4.91. The van der Waals surface area contributed by atoms with E-state index in [0.717, 1.165) is 17.4 Å². The number of hydrogen-bond donors (Lipinski definition) is 1. The average Bonchev–Trinajstić information content (AvgIpc) is 3.08. The first kappa shape index (κ1) is 12.4. The lowest BCUT2D eigenvalue weighted by molar-refractivity contribution is 0.239. The van der Waals surface area contributed by atoms with Gasteiger partial charge in [-0.15, -0.1) is 0 Å². The molecule has 1 heteroatoms. The molecule has 0 spiro atoms. The Morgan fingerprint density at radius 3 is 2.50 bits per heavy atom. The van der Waals surface area contributed by atoms with Crippen LogP contribution in [0.1, 0.15) is 71.6 Å². The molecule has 2 rings (SSSR count). The summed E-state index contributed by atoms with van der Waals surface area (Å²) in [7, 11) is 0. The lowest BCUT2D eigenvalue weighted by atomic mass is 9.82. The van der Waals surface area contributed by atoms with Crippen LogP contribution in [0.4, 0.5) is 0 Å². The van der Waals surface area contributed by atoms with E-state index in [9.17, 15) is 0 Å². The van der Waals surface area contributed by atoms with E-state index in [4.69, 9.17) is 0 Å². The van der Waals surface area contributed by atoms with Crippen molar-refractivity contribution in [2.75, 3.05) is 6.54 Å². The van der Waals surface area contributed by atoms with E-state index in [1.165, 1.54) is 64.3 Å². The fraction of sp³-hybridized carbons (Fsp3) is 1.00. The topological polar surface area (TPSA) is 12.0 Å². The molecule has 0 heterocycles. The maximum absolute atomic E-state index is 3.91. The number of rotatable bonds is 6. The van der Waals surface area contributed by atoms with Gasteiger partial charge in [0.1, 0.15) is 0 Å². The Bertz CT molecular complexity index is 207. The Balaban J connectivity index is 1.75. The van der Waals surface area contributed by atoms with Crippen molar-refractivity contribution < 1.29 is 0 Å². The summed E-state index contributed by atoms with van der Waals surface area (Å²) < 4.78 is 0. The van der Waals surface area contributed by atoms with Crippen LogP contribution in [-0.2, 0) is 0 Å². The third kappa shape index (κ3) is 3.00. The van der Waals surface area contributed by atoms with Crippen LogP contribution in [0.25, 0.3) is 0 Å². The summed E-state index contributed by atoms with van der Waals surface area (Å²) in [5, 5.41) is 3.91. The summed E-state index contributed by atoms with van der Waals surface area (Å²) in [6.45, 7) is 6.00. The first-order chi connectivity index (χ1) is 7.79. The smallest absolute Gasteiger partial charge is 0.00954 e. The molecule has 1 N–H and O–H groups in total. The second kappa shape index (κ2) is 5.53. The van der Waals surface area contributed by atoms with Crippen molar-refractivity contribution in [3.05, 3.63) is 0 Å². The van der Waals surface area contributed by atoms with Gasteiger partial charge in [-0.3, -0.25) is 0 Å². The van der Waals surface area contributed by atoms with Crippen LogP contribution in [0, 0.1) is 11.3 Å². The summed E-state index contributed by atoms with van der Waals surface area (Å²) in [5.41, 5.74) is 0.727. The molecule has 0 saturated heterocycles. The normalized spacial score (nSPS) is 32.6. The van der Waals surface area contributed by atoms with Gasteiger partial charge in [-0.1, -0.05) is 39.5 Å². The molecule has 1 nitrogen and oxygen atoms in total. The van der Waals surface area contributed by atoms with Gasteiger partial charge in [-0.05, 0) is 43.4 Å². The van der Waals surface area contributed by atoms with Gasteiger partial charge in [0.25, 0.3) is 0 Å². The third-order valence-electron chi connectivity index (χ3n) is 4.91. The number of hydrogen-bond acceptors (Lipinski definition) is 1.